The van der Waals surface area contributed by atoms with Crippen molar-refractivity contribution in [2.75, 3.05) is 58.9 Å². The van der Waals surface area contributed by atoms with Gasteiger partial charge in [0.05, 0.1) is 14.2 Å². The number of ether oxygens (including phenoxy) is 2. The van der Waals surface area contributed by atoms with Gasteiger partial charge in [0.15, 0.2) is 5.96 Å². The molecule has 3 rings (SSSR count). The molecule has 2 heterocycles. The average molecular weight is 404 g/mol. The number of rotatable bonds is 7. The van der Waals surface area contributed by atoms with Crippen molar-refractivity contribution in [2.24, 2.45) is 4.99 Å². The van der Waals surface area contributed by atoms with Gasteiger partial charge < -0.3 is 25.0 Å². The number of anilines is 1. The van der Waals surface area contributed by atoms with E-state index in [0.29, 0.717) is 12.1 Å². The van der Waals surface area contributed by atoms with Crippen molar-refractivity contribution in [1.29, 1.82) is 0 Å². The number of hydrogen-bond donors (Lipinski definition) is 2. The van der Waals surface area contributed by atoms with Crippen molar-refractivity contribution in [3.8, 4) is 11.5 Å². The summed E-state index contributed by atoms with van der Waals surface area (Å²) in [6.07, 6.45) is 5.00. The fraction of sp³-hybridized carbons (Fsp3) is 0.682. The SMILES string of the molecule is CCN1CCCCC1CNC(=NC)NC1CCN(c2cc(OC)cc(OC)c2)C1. The standard InChI is InChI=1S/C22H37N5O2/c1-5-26-10-7-6-8-18(26)15-24-22(23-2)25-17-9-11-27(16-17)19-12-20(28-3)14-21(13-19)29-4/h12-14,17-18H,5-11,15-16H2,1-4H3,(H2,23,24,25). The van der Waals surface area contributed by atoms with Gasteiger partial charge in [0.2, 0.25) is 0 Å². The molecule has 2 saturated heterocycles. The Bertz CT molecular complexity index is 659. The van der Waals surface area contributed by atoms with Gasteiger partial charge in [-0.25, -0.2) is 0 Å². The Morgan fingerprint density at radius 3 is 2.52 bits per heavy atom. The molecule has 7 heteroatoms. The van der Waals surface area contributed by atoms with Crippen molar-refractivity contribution in [3.05, 3.63) is 18.2 Å². The summed E-state index contributed by atoms with van der Waals surface area (Å²) in [5.41, 5.74) is 1.13. The number of likely N-dealkylation sites (tertiary alicyclic amines) is 1. The molecule has 2 N–H and O–H groups in total. The number of likely N-dealkylation sites (N-methyl/N-ethyl adjacent to an activating group) is 1. The molecule has 0 saturated carbocycles. The lowest BCUT2D eigenvalue weighted by Crippen LogP contribution is -2.51. The Kier molecular flexibility index (Phi) is 7.86. The Morgan fingerprint density at radius 1 is 1.10 bits per heavy atom. The summed E-state index contributed by atoms with van der Waals surface area (Å²) in [6.45, 7) is 7.48. The van der Waals surface area contributed by atoms with Crippen molar-refractivity contribution in [1.82, 2.24) is 15.5 Å². The minimum atomic E-state index is 0.368. The number of methoxy groups -OCH3 is 2. The number of aliphatic imine (C=N–C) groups is 1. The minimum Gasteiger partial charge on any atom is -0.497 e. The highest BCUT2D eigenvalue weighted by molar-refractivity contribution is 5.80. The molecular weight excluding hydrogens is 366 g/mol. The molecule has 0 spiro atoms. The topological polar surface area (TPSA) is 61.4 Å². The first-order chi connectivity index (χ1) is 14.2. The van der Waals surface area contributed by atoms with Gasteiger partial charge in [-0.15, -0.1) is 0 Å². The van der Waals surface area contributed by atoms with Crippen LogP contribution in [0.5, 0.6) is 11.5 Å². The molecule has 0 aliphatic carbocycles. The number of piperidine rings is 1. The maximum absolute atomic E-state index is 5.42. The lowest BCUT2D eigenvalue weighted by atomic mass is 10.0. The van der Waals surface area contributed by atoms with E-state index in [1.54, 1.807) is 14.2 Å². The van der Waals surface area contributed by atoms with E-state index in [9.17, 15) is 0 Å². The zero-order chi connectivity index (χ0) is 20.6. The zero-order valence-electron chi connectivity index (χ0n) is 18.4. The van der Waals surface area contributed by atoms with Crippen LogP contribution in [0.1, 0.15) is 32.6 Å². The Labute approximate surface area is 175 Å². The molecule has 2 atom stereocenters. The van der Waals surface area contributed by atoms with Crippen LogP contribution in [0.4, 0.5) is 5.69 Å². The molecule has 7 nitrogen and oxygen atoms in total. The summed E-state index contributed by atoms with van der Waals surface area (Å²) >= 11 is 0. The summed E-state index contributed by atoms with van der Waals surface area (Å²) < 4.78 is 10.8. The number of benzene rings is 1. The predicted molar refractivity (Wildman–Crippen MR) is 120 cm³/mol. The summed E-state index contributed by atoms with van der Waals surface area (Å²) in [7, 11) is 5.23. The first-order valence-corrected chi connectivity index (χ1v) is 10.9. The molecule has 1 aromatic carbocycles. The first kappa shape index (κ1) is 21.6. The maximum atomic E-state index is 5.42. The van der Waals surface area contributed by atoms with E-state index in [0.717, 1.165) is 55.7 Å². The molecule has 0 radical (unpaired) electrons. The van der Waals surface area contributed by atoms with Crippen molar-refractivity contribution < 1.29 is 9.47 Å². The van der Waals surface area contributed by atoms with Crippen molar-refractivity contribution in [3.63, 3.8) is 0 Å². The van der Waals surface area contributed by atoms with Crippen LogP contribution < -0.4 is 25.0 Å². The van der Waals surface area contributed by atoms with E-state index in [1.165, 1.54) is 25.8 Å². The molecule has 0 amide bonds. The van der Waals surface area contributed by atoms with Crippen molar-refractivity contribution >= 4 is 11.6 Å². The van der Waals surface area contributed by atoms with E-state index in [-0.39, 0.29) is 0 Å². The summed E-state index contributed by atoms with van der Waals surface area (Å²) in [5, 5.41) is 7.17. The predicted octanol–water partition coefficient (Wildman–Crippen LogP) is 2.32. The summed E-state index contributed by atoms with van der Waals surface area (Å²) in [4.78, 5) is 9.41. The molecule has 2 fully saturated rings. The molecular formula is C22H37N5O2. The highest BCUT2D eigenvalue weighted by Crippen LogP contribution is 2.30. The Balaban J connectivity index is 1.53. The van der Waals surface area contributed by atoms with Crippen LogP contribution in [0.15, 0.2) is 23.2 Å². The van der Waals surface area contributed by atoms with Gasteiger partial charge in [0.25, 0.3) is 0 Å². The molecule has 1 aromatic rings. The molecule has 0 aromatic heterocycles. The highest BCUT2D eigenvalue weighted by atomic mass is 16.5. The van der Waals surface area contributed by atoms with Gasteiger partial charge in [-0.2, -0.15) is 0 Å². The van der Waals surface area contributed by atoms with E-state index in [4.69, 9.17) is 9.47 Å². The second kappa shape index (κ2) is 10.6. The fourth-order valence-electron chi connectivity index (χ4n) is 4.40. The van der Waals surface area contributed by atoms with Crippen LogP contribution in [-0.4, -0.2) is 76.9 Å². The number of nitrogens with zero attached hydrogens (tertiary/aromatic N) is 3. The van der Waals surface area contributed by atoms with Crippen LogP contribution in [0.25, 0.3) is 0 Å². The average Bonchev–Trinajstić information content (AvgIpc) is 3.24. The monoisotopic (exact) mass is 403 g/mol. The summed E-state index contributed by atoms with van der Waals surface area (Å²) in [6, 6.07) is 7.02. The molecule has 2 aliphatic heterocycles. The third-order valence-corrected chi connectivity index (χ3v) is 6.11. The number of guanidine groups is 1. The second-order valence-corrected chi connectivity index (χ2v) is 7.88. The van der Waals surface area contributed by atoms with E-state index in [2.05, 4.69) is 44.5 Å². The van der Waals surface area contributed by atoms with E-state index >= 15 is 0 Å². The smallest absolute Gasteiger partial charge is 0.191 e. The third kappa shape index (κ3) is 5.69. The molecule has 0 bridgehead atoms. The van der Waals surface area contributed by atoms with Crippen LogP contribution >= 0.6 is 0 Å². The third-order valence-electron chi connectivity index (χ3n) is 6.11. The highest BCUT2D eigenvalue weighted by Gasteiger charge is 2.25. The lowest BCUT2D eigenvalue weighted by molar-refractivity contribution is 0.157. The second-order valence-electron chi connectivity index (χ2n) is 7.88. The Hall–Kier alpha value is -2.15. The first-order valence-electron chi connectivity index (χ1n) is 10.9. The van der Waals surface area contributed by atoms with Gasteiger partial charge in [-0.05, 0) is 32.4 Å². The maximum Gasteiger partial charge on any atom is 0.191 e. The Morgan fingerprint density at radius 2 is 1.86 bits per heavy atom. The van der Waals surface area contributed by atoms with Crippen molar-refractivity contribution in [2.45, 2.75) is 44.7 Å². The van der Waals surface area contributed by atoms with E-state index < -0.39 is 0 Å². The van der Waals surface area contributed by atoms with Gasteiger partial charge >= 0.3 is 0 Å². The normalized spacial score (nSPS) is 23.2. The van der Waals surface area contributed by atoms with Gasteiger partial charge in [0.1, 0.15) is 11.5 Å². The molecule has 2 aliphatic rings. The largest absolute Gasteiger partial charge is 0.497 e. The number of nitrogens with one attached hydrogen (secondary N) is 2. The zero-order valence-corrected chi connectivity index (χ0v) is 18.4. The quantitative estimate of drug-likeness (QED) is 0.538. The molecule has 29 heavy (non-hydrogen) atoms. The lowest BCUT2D eigenvalue weighted by Gasteiger charge is -2.35. The van der Waals surface area contributed by atoms with Gasteiger partial charge in [0, 0.05) is 62.7 Å². The van der Waals surface area contributed by atoms with Gasteiger partial charge in [-0.3, -0.25) is 9.89 Å². The molecule has 2 unspecified atom stereocenters. The molecule has 162 valence electrons. The fourth-order valence-corrected chi connectivity index (χ4v) is 4.40. The number of hydrogen-bond acceptors (Lipinski definition) is 5. The van der Waals surface area contributed by atoms with Crippen LogP contribution in [-0.2, 0) is 0 Å². The van der Waals surface area contributed by atoms with E-state index in [1.807, 2.05) is 13.1 Å². The van der Waals surface area contributed by atoms with Gasteiger partial charge in [-0.1, -0.05) is 13.3 Å². The van der Waals surface area contributed by atoms with Crippen LogP contribution in [0.2, 0.25) is 0 Å². The summed E-state index contributed by atoms with van der Waals surface area (Å²) in [5.74, 6) is 2.55. The van der Waals surface area contributed by atoms with Crippen LogP contribution in [0.3, 0.4) is 0 Å². The van der Waals surface area contributed by atoms with Crippen LogP contribution in [0, 0.1) is 0 Å². The minimum absolute atomic E-state index is 0.368.